The van der Waals surface area contributed by atoms with Gasteiger partial charge in [0.25, 0.3) is 11.1 Å². The summed E-state index contributed by atoms with van der Waals surface area (Å²) in [5.74, 6) is 0.707. The number of thioether (sulfide) groups is 1. The lowest BCUT2D eigenvalue weighted by Gasteiger charge is -2.03. The average Bonchev–Trinajstić information content (AvgIpc) is 3.29. The molecule has 0 aliphatic rings. The highest BCUT2D eigenvalue weighted by Crippen LogP contribution is 2.26. The summed E-state index contributed by atoms with van der Waals surface area (Å²) in [4.78, 5) is 3.26. The monoisotopic (exact) mass is 369 g/mol. The third kappa shape index (κ3) is 3.49. The number of nitrogens with one attached hydrogen (secondary N) is 1. The van der Waals surface area contributed by atoms with Gasteiger partial charge in [0.05, 0.1) is 0 Å². The largest absolute Gasteiger partial charge is 0.410 e. The molecule has 0 saturated carbocycles. The average molecular weight is 369 g/mol. The van der Waals surface area contributed by atoms with Crippen LogP contribution < -0.4 is 5.73 Å². The Morgan fingerprint density at radius 2 is 1.88 bits per heavy atom. The molecule has 26 heavy (non-hydrogen) atoms. The molecule has 0 spiro atoms. The fourth-order valence-corrected chi connectivity index (χ4v) is 3.61. The van der Waals surface area contributed by atoms with Crippen LogP contribution in [0.1, 0.15) is 23.1 Å². The highest BCUT2D eigenvalue weighted by atomic mass is 32.2. The van der Waals surface area contributed by atoms with Gasteiger partial charge in [-0.15, -0.1) is 10.2 Å². The van der Waals surface area contributed by atoms with E-state index in [1.807, 2.05) is 30.5 Å². The van der Waals surface area contributed by atoms with E-state index in [4.69, 9.17) is 4.42 Å². The Morgan fingerprint density at radius 3 is 2.77 bits per heavy atom. The predicted octanol–water partition coefficient (Wildman–Crippen LogP) is 3.51. The summed E-state index contributed by atoms with van der Waals surface area (Å²) in [5.41, 5.74) is 7.03. The second kappa shape index (κ2) is 7.31. The summed E-state index contributed by atoms with van der Waals surface area (Å²) in [6.45, 7) is 0. The van der Waals surface area contributed by atoms with Crippen molar-refractivity contribution < 1.29 is 14.5 Å². The molecular formula is C19H18FN4OS+. The number of nitrogens with zero attached hydrogens (tertiary/aromatic N) is 2. The number of aromatic nitrogens is 3. The first-order valence-electron chi connectivity index (χ1n) is 8.28. The van der Waals surface area contributed by atoms with Crippen molar-refractivity contribution in [1.29, 1.82) is 0 Å². The Hall–Kier alpha value is -2.64. The third-order valence-electron chi connectivity index (χ3n) is 4.22. The van der Waals surface area contributed by atoms with E-state index in [-0.39, 0.29) is 11.9 Å². The number of quaternary nitrogens is 1. The van der Waals surface area contributed by atoms with Crippen LogP contribution in [-0.4, -0.2) is 15.2 Å². The first-order chi connectivity index (χ1) is 12.7. The lowest BCUT2D eigenvalue weighted by molar-refractivity contribution is -0.431. The molecule has 1 atom stereocenters. The molecule has 7 heteroatoms. The minimum absolute atomic E-state index is 0.149. The van der Waals surface area contributed by atoms with Gasteiger partial charge in [0, 0.05) is 29.3 Å². The number of fused-ring (bicyclic) bond motifs is 1. The van der Waals surface area contributed by atoms with Gasteiger partial charge >= 0.3 is 0 Å². The number of hydrogen-bond donors (Lipinski definition) is 2. The van der Waals surface area contributed by atoms with Crippen LogP contribution in [0.25, 0.3) is 10.9 Å². The molecule has 0 fully saturated rings. The van der Waals surface area contributed by atoms with Crippen LogP contribution in [0.5, 0.6) is 0 Å². The summed E-state index contributed by atoms with van der Waals surface area (Å²) in [6, 6.07) is 14.7. The predicted molar refractivity (Wildman–Crippen MR) is 97.9 cm³/mol. The Labute approximate surface area is 153 Å². The van der Waals surface area contributed by atoms with Crippen LogP contribution in [0.15, 0.2) is 64.4 Å². The third-order valence-corrected chi connectivity index (χ3v) is 5.09. The zero-order chi connectivity index (χ0) is 17.9. The Bertz CT molecular complexity index is 1030. The maximum absolute atomic E-state index is 13.7. The second-order valence-electron chi connectivity index (χ2n) is 6.05. The van der Waals surface area contributed by atoms with Crippen LogP contribution in [0.4, 0.5) is 4.39 Å². The van der Waals surface area contributed by atoms with E-state index in [2.05, 4.69) is 27.0 Å². The summed E-state index contributed by atoms with van der Waals surface area (Å²) in [6.07, 6.45) is 2.69. The standard InChI is InChI=1S/C19H17FN4OS/c20-15-7-3-1-5-12(15)11-26-19-24-23-18(25-19)16(21)9-13-10-22-17-8-4-2-6-14(13)17/h1-8,10,16,22H,9,11,21H2/p+1/t16-/m0/s1. The second-order valence-corrected chi connectivity index (χ2v) is 6.97. The zero-order valence-electron chi connectivity index (χ0n) is 14.0. The number of hydrogen-bond acceptors (Lipinski definition) is 4. The highest BCUT2D eigenvalue weighted by Gasteiger charge is 2.20. The molecule has 4 aromatic rings. The van der Waals surface area contributed by atoms with E-state index < -0.39 is 0 Å². The van der Waals surface area contributed by atoms with E-state index >= 15 is 0 Å². The van der Waals surface area contributed by atoms with Crippen molar-refractivity contribution in [1.82, 2.24) is 15.2 Å². The number of H-pyrrole nitrogens is 1. The molecule has 0 aliphatic heterocycles. The SMILES string of the molecule is [NH3+][C@@H](Cc1c[nH]c2ccccc12)c1nnc(SCc2ccccc2F)o1. The molecule has 0 unspecified atom stereocenters. The molecule has 4 N–H and O–H groups in total. The molecule has 0 amide bonds. The summed E-state index contributed by atoms with van der Waals surface area (Å²) in [5, 5.41) is 9.76. The lowest BCUT2D eigenvalue weighted by atomic mass is 10.1. The van der Waals surface area contributed by atoms with Crippen molar-refractivity contribution in [3.8, 4) is 0 Å². The quantitative estimate of drug-likeness (QED) is 0.510. The molecule has 0 bridgehead atoms. The molecule has 0 radical (unpaired) electrons. The van der Waals surface area contributed by atoms with Gasteiger partial charge in [-0.05, 0) is 23.3 Å². The lowest BCUT2D eigenvalue weighted by Crippen LogP contribution is -2.54. The highest BCUT2D eigenvalue weighted by molar-refractivity contribution is 7.98. The minimum atomic E-state index is -0.228. The van der Waals surface area contributed by atoms with Crippen molar-refractivity contribution >= 4 is 22.7 Å². The fraction of sp³-hybridized carbons (Fsp3) is 0.158. The van der Waals surface area contributed by atoms with Crippen LogP contribution >= 0.6 is 11.8 Å². The van der Waals surface area contributed by atoms with Gasteiger partial charge in [-0.2, -0.15) is 0 Å². The summed E-state index contributed by atoms with van der Waals surface area (Å²) in [7, 11) is 0. The number of para-hydroxylation sites is 1. The maximum atomic E-state index is 13.7. The van der Waals surface area contributed by atoms with Crippen molar-refractivity contribution in [2.24, 2.45) is 0 Å². The minimum Gasteiger partial charge on any atom is -0.410 e. The summed E-state index contributed by atoms with van der Waals surface area (Å²) < 4.78 is 19.4. The van der Waals surface area contributed by atoms with Crippen molar-refractivity contribution in [2.45, 2.75) is 23.4 Å². The van der Waals surface area contributed by atoms with E-state index in [0.717, 1.165) is 5.52 Å². The Kier molecular flexibility index (Phi) is 4.73. The number of halogens is 1. The van der Waals surface area contributed by atoms with Gasteiger partial charge in [0.1, 0.15) is 5.82 Å². The van der Waals surface area contributed by atoms with Crippen LogP contribution in [0.3, 0.4) is 0 Å². The fourth-order valence-electron chi connectivity index (χ4n) is 2.85. The van der Waals surface area contributed by atoms with Gasteiger partial charge in [-0.25, -0.2) is 4.39 Å². The Morgan fingerprint density at radius 1 is 1.08 bits per heavy atom. The molecule has 2 heterocycles. The van der Waals surface area contributed by atoms with Gasteiger partial charge in [0.15, 0.2) is 6.04 Å². The molecule has 2 aromatic heterocycles. The molecule has 4 rings (SSSR count). The number of benzene rings is 2. The number of aromatic amines is 1. The zero-order valence-corrected chi connectivity index (χ0v) is 14.8. The molecule has 132 valence electrons. The van der Waals surface area contributed by atoms with Crippen LogP contribution in [0, 0.1) is 5.82 Å². The van der Waals surface area contributed by atoms with E-state index in [1.54, 1.807) is 12.1 Å². The first-order valence-corrected chi connectivity index (χ1v) is 9.27. The smallest absolute Gasteiger partial charge is 0.277 e. The van der Waals surface area contributed by atoms with Crippen molar-refractivity contribution in [3.05, 3.63) is 77.6 Å². The van der Waals surface area contributed by atoms with E-state index in [9.17, 15) is 4.39 Å². The topological polar surface area (TPSA) is 82.4 Å². The van der Waals surface area contributed by atoms with Gasteiger partial charge < -0.3 is 15.1 Å². The normalized spacial score (nSPS) is 12.5. The van der Waals surface area contributed by atoms with Crippen LogP contribution in [0.2, 0.25) is 0 Å². The molecule has 5 nitrogen and oxygen atoms in total. The van der Waals surface area contributed by atoms with Crippen LogP contribution in [-0.2, 0) is 12.2 Å². The maximum Gasteiger partial charge on any atom is 0.277 e. The van der Waals surface area contributed by atoms with Gasteiger partial charge in [0.2, 0.25) is 0 Å². The van der Waals surface area contributed by atoms with Crippen molar-refractivity contribution in [3.63, 3.8) is 0 Å². The van der Waals surface area contributed by atoms with Gasteiger partial charge in [-0.1, -0.05) is 48.2 Å². The van der Waals surface area contributed by atoms with E-state index in [0.29, 0.717) is 28.9 Å². The number of rotatable bonds is 6. The first kappa shape index (κ1) is 16.8. The van der Waals surface area contributed by atoms with Crippen molar-refractivity contribution in [2.75, 3.05) is 0 Å². The summed E-state index contributed by atoms with van der Waals surface area (Å²) >= 11 is 1.32. The Balaban J connectivity index is 1.43. The van der Waals surface area contributed by atoms with E-state index in [1.165, 1.54) is 28.8 Å². The molecular weight excluding hydrogens is 351 g/mol. The molecule has 0 saturated heterocycles. The molecule has 2 aromatic carbocycles. The molecule has 0 aliphatic carbocycles. The van der Waals surface area contributed by atoms with Gasteiger partial charge in [-0.3, -0.25) is 0 Å².